The molecule has 1 amide bonds. The molecule has 0 heterocycles. The van der Waals surface area contributed by atoms with Crippen molar-refractivity contribution in [3.05, 3.63) is 55.3 Å². The summed E-state index contributed by atoms with van der Waals surface area (Å²) in [6.45, 7) is 2.17. The third-order valence-electron chi connectivity index (χ3n) is 3.98. The summed E-state index contributed by atoms with van der Waals surface area (Å²) in [6.07, 6.45) is -1.32. The Kier molecular flexibility index (Phi) is 7.90. The van der Waals surface area contributed by atoms with Crippen LogP contribution in [0.25, 0.3) is 0 Å². The number of benzene rings is 2. The van der Waals surface area contributed by atoms with Crippen molar-refractivity contribution in [1.82, 2.24) is 5.48 Å². The van der Waals surface area contributed by atoms with Gasteiger partial charge in [0.15, 0.2) is 11.6 Å². The van der Waals surface area contributed by atoms with Gasteiger partial charge in [-0.25, -0.2) is 18.7 Å². The Morgan fingerprint density at radius 2 is 1.93 bits per heavy atom. The number of rotatable bonds is 7. The number of aliphatic hydroxyl groups is 2. The zero-order valence-electron chi connectivity index (χ0n) is 15.2. The molecule has 0 aliphatic rings. The summed E-state index contributed by atoms with van der Waals surface area (Å²) in [4.78, 5) is 17.7. The summed E-state index contributed by atoms with van der Waals surface area (Å²) in [5.74, 6) is -4.39. The van der Waals surface area contributed by atoms with Crippen molar-refractivity contribution in [2.24, 2.45) is 0 Å². The molecule has 2 rings (SSSR count). The Bertz CT molecular complexity index is 930. The molecule has 1 atom stereocenters. The number of hydrogen-bond donors (Lipinski definition) is 4. The molecule has 2 aromatic rings. The van der Waals surface area contributed by atoms with Crippen LogP contribution in [0.4, 0.5) is 24.5 Å². The molecule has 29 heavy (non-hydrogen) atoms. The Balaban J connectivity index is 2.39. The molecule has 2 aromatic carbocycles. The van der Waals surface area contributed by atoms with Crippen molar-refractivity contribution in [3.63, 3.8) is 0 Å². The minimum atomic E-state index is -1.41. The molecule has 158 valence electrons. The number of hydroxylamine groups is 1. The van der Waals surface area contributed by atoms with E-state index in [0.29, 0.717) is 3.57 Å². The van der Waals surface area contributed by atoms with E-state index in [4.69, 9.17) is 9.94 Å². The van der Waals surface area contributed by atoms with Crippen molar-refractivity contribution in [1.29, 1.82) is 0 Å². The Morgan fingerprint density at radius 1 is 1.28 bits per heavy atom. The third-order valence-corrected chi connectivity index (χ3v) is 5.23. The first kappa shape index (κ1) is 23.9. The number of hydrogen-bond acceptors (Lipinski definition) is 5. The van der Waals surface area contributed by atoms with E-state index in [9.17, 15) is 23.1 Å². The van der Waals surface area contributed by atoms with Gasteiger partial charge in [-0.1, -0.05) is 0 Å². The smallest absolute Gasteiger partial charge is 0.277 e. The molecule has 6 nitrogen and oxygen atoms in total. The summed E-state index contributed by atoms with van der Waals surface area (Å²) in [6, 6.07) is 5.04. The fraction of sp³-hybridized carbons (Fsp3) is 0.278. The zero-order chi connectivity index (χ0) is 21.9. The minimum Gasteiger partial charge on any atom is -0.394 e. The number of nitrogens with one attached hydrogen (secondary N) is 2. The fourth-order valence-corrected chi connectivity index (χ4v) is 3.00. The average molecular weight is 589 g/mol. The zero-order valence-corrected chi connectivity index (χ0v) is 18.9. The van der Waals surface area contributed by atoms with Crippen LogP contribution in [0.5, 0.6) is 0 Å². The summed E-state index contributed by atoms with van der Waals surface area (Å²) in [7, 11) is 0. The quantitative estimate of drug-likeness (QED) is 0.223. The first-order valence-electron chi connectivity index (χ1n) is 8.14. The molecule has 0 fully saturated rings. The average Bonchev–Trinajstić information content (AvgIpc) is 2.67. The number of anilines is 2. The second-order valence-electron chi connectivity index (χ2n) is 6.49. The molecule has 0 bridgehead atoms. The maximum atomic E-state index is 14.6. The summed E-state index contributed by atoms with van der Waals surface area (Å²) < 4.78 is 43.0. The van der Waals surface area contributed by atoms with Gasteiger partial charge in [-0.2, -0.15) is 0 Å². The highest BCUT2D eigenvalue weighted by Crippen LogP contribution is 2.32. The van der Waals surface area contributed by atoms with Crippen LogP contribution in [0.3, 0.4) is 0 Å². The molecule has 1 unspecified atom stereocenters. The lowest BCUT2D eigenvalue weighted by Crippen LogP contribution is -2.46. The van der Waals surface area contributed by atoms with Crippen LogP contribution in [0.1, 0.15) is 24.2 Å². The lowest BCUT2D eigenvalue weighted by atomic mass is 10.0. The van der Waals surface area contributed by atoms with E-state index in [-0.39, 0.29) is 15.7 Å². The Labute approximate surface area is 186 Å². The maximum absolute atomic E-state index is 14.6. The molecule has 4 N–H and O–H groups in total. The summed E-state index contributed by atoms with van der Waals surface area (Å²) in [5.41, 5.74) is -0.515. The molecule has 11 heteroatoms. The second kappa shape index (κ2) is 9.60. The van der Waals surface area contributed by atoms with E-state index in [1.807, 2.05) is 28.1 Å². The van der Waals surface area contributed by atoms with E-state index in [2.05, 4.69) is 21.2 Å². The molecule has 0 aromatic heterocycles. The van der Waals surface area contributed by atoms with E-state index in [0.717, 1.165) is 6.07 Å². The molecule has 0 spiro atoms. The van der Waals surface area contributed by atoms with Crippen LogP contribution in [0, 0.1) is 21.0 Å². The van der Waals surface area contributed by atoms with Crippen LogP contribution in [0.2, 0.25) is 0 Å². The first-order chi connectivity index (χ1) is 13.5. The standard InChI is InChI=1S/C18H17BrF3IN2O4/c1-18(2,13(27)7-26)29-25-17(28)9-6-10(19)14(21)15(22)16(9)24-12-4-3-8(23)5-11(12)20/h3-6,13,24,26-27H,7H2,1-2H3,(H,25,28). The number of amides is 1. The minimum absolute atomic E-state index is 0.169. The van der Waals surface area contributed by atoms with Crippen molar-refractivity contribution < 1.29 is 33.0 Å². The highest BCUT2D eigenvalue weighted by Gasteiger charge is 2.31. The van der Waals surface area contributed by atoms with Gasteiger partial charge < -0.3 is 15.5 Å². The van der Waals surface area contributed by atoms with Gasteiger partial charge in [-0.05, 0) is 76.6 Å². The largest absolute Gasteiger partial charge is 0.394 e. The Hall–Kier alpha value is -1.41. The van der Waals surface area contributed by atoms with Gasteiger partial charge in [0.05, 0.1) is 28.0 Å². The SMILES string of the molecule is CC(C)(ONC(=O)c1cc(Br)c(F)c(F)c1Nc1ccc(I)cc1F)C(O)CO. The van der Waals surface area contributed by atoms with Crippen LogP contribution >= 0.6 is 38.5 Å². The van der Waals surface area contributed by atoms with Gasteiger partial charge >= 0.3 is 0 Å². The molecule has 0 saturated carbocycles. The van der Waals surface area contributed by atoms with Gasteiger partial charge in [0.25, 0.3) is 5.91 Å². The molecule has 0 saturated heterocycles. The first-order valence-corrected chi connectivity index (χ1v) is 10.0. The number of carbonyl (C=O) groups excluding carboxylic acids is 1. The van der Waals surface area contributed by atoms with E-state index in [1.54, 1.807) is 6.07 Å². The molecular weight excluding hydrogens is 572 g/mol. The van der Waals surface area contributed by atoms with E-state index in [1.165, 1.54) is 26.0 Å². The maximum Gasteiger partial charge on any atom is 0.277 e. The van der Waals surface area contributed by atoms with Crippen LogP contribution < -0.4 is 10.8 Å². The molecule has 0 radical (unpaired) electrons. The fourth-order valence-electron chi connectivity index (χ4n) is 2.14. The number of halogens is 5. The van der Waals surface area contributed by atoms with Crippen molar-refractivity contribution in [3.8, 4) is 0 Å². The van der Waals surface area contributed by atoms with Crippen LogP contribution in [0.15, 0.2) is 28.7 Å². The Morgan fingerprint density at radius 3 is 2.52 bits per heavy atom. The van der Waals surface area contributed by atoms with Crippen molar-refractivity contribution in [2.45, 2.75) is 25.6 Å². The highest BCUT2D eigenvalue weighted by atomic mass is 127. The van der Waals surface area contributed by atoms with Gasteiger partial charge in [-0.15, -0.1) is 0 Å². The molecular formula is C18H17BrF3IN2O4. The predicted octanol–water partition coefficient (Wildman–Crippen LogP) is 4.01. The summed E-state index contributed by atoms with van der Waals surface area (Å²) in [5, 5.41) is 21.1. The van der Waals surface area contributed by atoms with Gasteiger partial charge in [-0.3, -0.25) is 9.63 Å². The van der Waals surface area contributed by atoms with E-state index < -0.39 is 47.4 Å². The van der Waals surface area contributed by atoms with Crippen LogP contribution in [-0.2, 0) is 4.84 Å². The van der Waals surface area contributed by atoms with Crippen LogP contribution in [-0.4, -0.2) is 34.4 Å². The van der Waals surface area contributed by atoms with E-state index >= 15 is 0 Å². The normalized spacial score (nSPS) is 12.6. The molecule has 0 aliphatic carbocycles. The third kappa shape index (κ3) is 5.60. The second-order valence-corrected chi connectivity index (χ2v) is 8.59. The monoisotopic (exact) mass is 588 g/mol. The predicted molar refractivity (Wildman–Crippen MR) is 112 cm³/mol. The van der Waals surface area contributed by atoms with Crippen molar-refractivity contribution in [2.75, 3.05) is 11.9 Å². The lowest BCUT2D eigenvalue weighted by Gasteiger charge is -2.28. The number of aliphatic hydroxyl groups excluding tert-OH is 2. The van der Waals surface area contributed by atoms with Crippen molar-refractivity contribution >= 4 is 55.8 Å². The van der Waals surface area contributed by atoms with Gasteiger partial charge in [0, 0.05) is 3.57 Å². The summed E-state index contributed by atoms with van der Waals surface area (Å²) >= 11 is 4.71. The number of carbonyl (C=O) groups is 1. The topological polar surface area (TPSA) is 90.8 Å². The lowest BCUT2D eigenvalue weighted by molar-refractivity contribution is -0.144. The van der Waals surface area contributed by atoms with Gasteiger partial charge in [0.2, 0.25) is 0 Å². The van der Waals surface area contributed by atoms with Gasteiger partial charge in [0.1, 0.15) is 17.5 Å². The molecule has 0 aliphatic heterocycles. The highest BCUT2D eigenvalue weighted by molar-refractivity contribution is 14.1.